The van der Waals surface area contributed by atoms with Crippen LogP contribution in [0.3, 0.4) is 0 Å². The third kappa shape index (κ3) is 6.47. The van der Waals surface area contributed by atoms with Gasteiger partial charge in [-0.05, 0) is 63.4 Å². The molecule has 3 aromatic rings. The zero-order chi connectivity index (χ0) is 29.2. The molecule has 1 aromatic heterocycles. The number of aryl methyl sites for hydroxylation is 1. The van der Waals surface area contributed by atoms with Gasteiger partial charge in [-0.1, -0.05) is 49.7 Å². The topological polar surface area (TPSA) is 96.8 Å². The van der Waals surface area contributed by atoms with Gasteiger partial charge in [-0.25, -0.2) is 9.78 Å². The molecule has 2 heterocycles. The number of carbonyl (C=O) groups excluding carboxylic acids is 3. The first-order valence-electron chi connectivity index (χ1n) is 13.4. The van der Waals surface area contributed by atoms with Crippen molar-refractivity contribution >= 4 is 46.8 Å². The van der Waals surface area contributed by atoms with Crippen LogP contribution >= 0.6 is 11.6 Å². The third-order valence-corrected chi connectivity index (χ3v) is 6.86. The Kier molecular flexibility index (Phi) is 8.54. The van der Waals surface area contributed by atoms with E-state index in [4.69, 9.17) is 21.3 Å². The van der Waals surface area contributed by atoms with Crippen LogP contribution in [0, 0.1) is 12.8 Å². The van der Waals surface area contributed by atoms with Crippen LogP contribution in [0.25, 0.3) is 0 Å². The summed E-state index contributed by atoms with van der Waals surface area (Å²) in [6.45, 7) is 12.3. The number of halogens is 1. The Balaban J connectivity index is 1.68. The second-order valence-electron chi connectivity index (χ2n) is 11.1. The van der Waals surface area contributed by atoms with Crippen molar-refractivity contribution in [3.63, 3.8) is 0 Å². The van der Waals surface area contributed by atoms with E-state index in [1.807, 2.05) is 66.6 Å². The number of hydrogen-bond acceptors (Lipinski definition) is 6. The fraction of sp³-hybridized carbons (Fsp3) is 0.400. The number of benzene rings is 2. The Bertz CT molecular complexity index is 1430. The molecule has 3 amide bonds. The van der Waals surface area contributed by atoms with Gasteiger partial charge in [0.05, 0.1) is 12.2 Å². The summed E-state index contributed by atoms with van der Waals surface area (Å²) in [6.07, 6.45) is -0.364. The second-order valence-corrected chi connectivity index (χ2v) is 11.5. The van der Waals surface area contributed by atoms with Gasteiger partial charge in [-0.15, -0.1) is 0 Å². The molecule has 2 aromatic carbocycles. The quantitative estimate of drug-likeness (QED) is 0.363. The Hall–Kier alpha value is -3.85. The summed E-state index contributed by atoms with van der Waals surface area (Å²) >= 11 is 6.37. The third-order valence-electron chi connectivity index (χ3n) is 6.49. The number of ether oxygens (including phenoxy) is 1. The molecule has 0 bridgehead atoms. The lowest BCUT2D eigenvalue weighted by atomic mass is 10.1. The second kappa shape index (κ2) is 11.7. The zero-order valence-corrected chi connectivity index (χ0v) is 24.6. The van der Waals surface area contributed by atoms with E-state index < -0.39 is 17.6 Å². The maximum Gasteiger partial charge on any atom is 0.412 e. The molecule has 1 aliphatic heterocycles. The van der Waals surface area contributed by atoms with Crippen LogP contribution in [0.1, 0.15) is 62.8 Å². The monoisotopic (exact) mass is 565 g/mol. The van der Waals surface area contributed by atoms with Crippen molar-refractivity contribution in [2.75, 3.05) is 16.8 Å². The van der Waals surface area contributed by atoms with E-state index in [0.29, 0.717) is 46.7 Å². The van der Waals surface area contributed by atoms with E-state index in [0.717, 1.165) is 5.69 Å². The number of hydrogen-bond donors (Lipinski definition) is 1. The maximum atomic E-state index is 14.0. The van der Waals surface area contributed by atoms with Gasteiger partial charge in [0.15, 0.2) is 0 Å². The summed E-state index contributed by atoms with van der Waals surface area (Å²) in [7, 11) is 0. The molecule has 9 nitrogen and oxygen atoms in total. The van der Waals surface area contributed by atoms with Gasteiger partial charge in [0.2, 0.25) is 11.9 Å². The van der Waals surface area contributed by atoms with E-state index in [2.05, 4.69) is 12.2 Å². The number of carbonyl (C=O) groups is 3. The molecule has 0 saturated carbocycles. The Morgan fingerprint density at radius 3 is 2.52 bits per heavy atom. The van der Waals surface area contributed by atoms with Crippen molar-refractivity contribution in [2.45, 2.75) is 66.7 Å². The van der Waals surface area contributed by atoms with Gasteiger partial charge >= 0.3 is 6.09 Å². The van der Waals surface area contributed by atoms with E-state index >= 15 is 0 Å². The molecule has 212 valence electrons. The summed E-state index contributed by atoms with van der Waals surface area (Å²) in [5, 5.41) is 3.28. The van der Waals surface area contributed by atoms with Crippen LogP contribution in [-0.2, 0) is 22.6 Å². The highest BCUT2D eigenvalue weighted by molar-refractivity contribution is 6.31. The van der Waals surface area contributed by atoms with Crippen molar-refractivity contribution in [3.05, 3.63) is 70.5 Å². The normalized spacial score (nSPS) is 14.9. The molecule has 0 aliphatic carbocycles. The van der Waals surface area contributed by atoms with E-state index in [-0.39, 0.29) is 24.8 Å². The van der Waals surface area contributed by atoms with Crippen molar-refractivity contribution in [1.82, 2.24) is 14.5 Å². The van der Waals surface area contributed by atoms with Crippen molar-refractivity contribution in [1.29, 1.82) is 0 Å². The molecular formula is C30H36ClN5O4. The molecule has 40 heavy (non-hydrogen) atoms. The lowest BCUT2D eigenvalue weighted by Crippen LogP contribution is -2.40. The summed E-state index contributed by atoms with van der Waals surface area (Å²) in [5.74, 6) is 0.0861. The molecular weight excluding hydrogens is 530 g/mol. The highest BCUT2D eigenvalue weighted by Gasteiger charge is 2.34. The van der Waals surface area contributed by atoms with Crippen molar-refractivity contribution < 1.29 is 19.1 Å². The van der Waals surface area contributed by atoms with E-state index in [9.17, 15) is 14.4 Å². The zero-order valence-electron chi connectivity index (χ0n) is 23.8. The van der Waals surface area contributed by atoms with Crippen LogP contribution in [0.5, 0.6) is 0 Å². The lowest BCUT2D eigenvalue weighted by Gasteiger charge is -2.34. The number of aromatic nitrogens is 2. The highest BCUT2D eigenvalue weighted by Crippen LogP contribution is 2.35. The Morgan fingerprint density at radius 1 is 1.12 bits per heavy atom. The SMILES string of the molecule is CCC(=O)N(Cc1ccccc1Cl)C(=O)c1c(C)nc2n1CC(C)CN2c1cccc(NC(=O)OC(C)(C)C)c1. The average molecular weight is 566 g/mol. The first-order chi connectivity index (χ1) is 18.9. The summed E-state index contributed by atoms with van der Waals surface area (Å²) < 4.78 is 7.28. The van der Waals surface area contributed by atoms with Gasteiger partial charge in [-0.2, -0.15) is 0 Å². The van der Waals surface area contributed by atoms with Gasteiger partial charge in [-0.3, -0.25) is 19.8 Å². The van der Waals surface area contributed by atoms with Crippen LogP contribution in [0.2, 0.25) is 5.02 Å². The smallest absolute Gasteiger partial charge is 0.412 e. The number of nitrogens with zero attached hydrogens (tertiary/aromatic N) is 4. The maximum absolute atomic E-state index is 14.0. The molecule has 1 unspecified atom stereocenters. The fourth-order valence-electron chi connectivity index (χ4n) is 4.75. The minimum atomic E-state index is -0.617. The molecule has 1 atom stereocenters. The number of anilines is 3. The summed E-state index contributed by atoms with van der Waals surface area (Å²) in [4.78, 5) is 47.4. The van der Waals surface area contributed by atoms with Crippen LogP contribution in [-0.4, -0.2) is 44.5 Å². The largest absolute Gasteiger partial charge is 0.444 e. The van der Waals surface area contributed by atoms with Gasteiger partial charge < -0.3 is 14.2 Å². The van der Waals surface area contributed by atoms with Crippen molar-refractivity contribution in [2.24, 2.45) is 5.92 Å². The average Bonchev–Trinajstić information content (AvgIpc) is 3.21. The minimum Gasteiger partial charge on any atom is -0.444 e. The van der Waals surface area contributed by atoms with Crippen LogP contribution in [0.15, 0.2) is 48.5 Å². The number of imidazole rings is 1. The predicted molar refractivity (Wildman–Crippen MR) is 156 cm³/mol. The number of rotatable bonds is 6. The highest BCUT2D eigenvalue weighted by atomic mass is 35.5. The molecule has 0 spiro atoms. The molecule has 1 aliphatic rings. The minimum absolute atomic E-state index is 0.0722. The molecule has 10 heteroatoms. The molecule has 0 radical (unpaired) electrons. The lowest BCUT2D eigenvalue weighted by molar-refractivity contribution is -0.128. The number of amides is 3. The summed E-state index contributed by atoms with van der Waals surface area (Å²) in [6, 6.07) is 14.6. The summed E-state index contributed by atoms with van der Waals surface area (Å²) in [5.41, 5.74) is 2.38. The van der Waals surface area contributed by atoms with Gasteiger partial charge in [0.1, 0.15) is 11.3 Å². The molecule has 0 fully saturated rings. The van der Waals surface area contributed by atoms with Gasteiger partial charge in [0.25, 0.3) is 5.91 Å². The van der Waals surface area contributed by atoms with Gasteiger partial charge in [0, 0.05) is 35.9 Å². The number of fused-ring (bicyclic) bond motifs is 1. The molecule has 0 saturated heterocycles. The van der Waals surface area contributed by atoms with E-state index in [1.54, 1.807) is 26.0 Å². The van der Waals surface area contributed by atoms with E-state index in [1.165, 1.54) is 4.90 Å². The number of imide groups is 1. The molecule has 1 N–H and O–H groups in total. The van der Waals surface area contributed by atoms with Crippen LogP contribution in [0.4, 0.5) is 22.1 Å². The first-order valence-corrected chi connectivity index (χ1v) is 13.8. The first kappa shape index (κ1) is 29.1. The predicted octanol–water partition coefficient (Wildman–Crippen LogP) is 6.56. The standard InChI is InChI=1S/C30H36ClN5O4/c1-7-25(37)35(18-21-11-8-9-14-24(21)31)27(38)26-20(3)32-28-34(16-19(2)17-36(26)28)23-13-10-12-22(15-23)33-29(39)40-30(4,5)6/h8-15,19H,7,16-18H2,1-6H3,(H,33,39). The Morgan fingerprint density at radius 2 is 1.85 bits per heavy atom. The fourth-order valence-corrected chi connectivity index (χ4v) is 4.95. The van der Waals surface area contributed by atoms with Crippen LogP contribution < -0.4 is 10.2 Å². The number of nitrogens with one attached hydrogen (secondary N) is 1. The van der Waals surface area contributed by atoms with Crippen molar-refractivity contribution in [3.8, 4) is 0 Å². The molecule has 4 rings (SSSR count). The Labute approximate surface area is 240 Å².